The minimum atomic E-state index is -0.705. The van der Waals surface area contributed by atoms with Gasteiger partial charge in [-0.05, 0) is 50.6 Å². The number of halogens is 1. The molecule has 2 heterocycles. The highest BCUT2D eigenvalue weighted by Crippen LogP contribution is 2.37. The van der Waals surface area contributed by atoms with Crippen molar-refractivity contribution in [2.75, 3.05) is 6.54 Å². The van der Waals surface area contributed by atoms with Gasteiger partial charge in [0.05, 0.1) is 23.3 Å². The van der Waals surface area contributed by atoms with Crippen LogP contribution in [0.1, 0.15) is 42.3 Å². The van der Waals surface area contributed by atoms with Gasteiger partial charge in [0.1, 0.15) is 5.60 Å². The van der Waals surface area contributed by atoms with Crippen molar-refractivity contribution in [3.8, 4) is 11.3 Å². The van der Waals surface area contributed by atoms with Crippen LogP contribution in [0.25, 0.3) is 22.2 Å². The Morgan fingerprint density at radius 1 is 1.21 bits per heavy atom. The molecule has 0 saturated carbocycles. The van der Waals surface area contributed by atoms with Crippen LogP contribution < -0.4 is 16.4 Å². The Hall–Kier alpha value is -3.36. The summed E-state index contributed by atoms with van der Waals surface area (Å²) in [5.41, 5.74) is 8.33. The molecule has 1 aromatic heterocycles. The zero-order chi connectivity index (χ0) is 23.9. The van der Waals surface area contributed by atoms with Gasteiger partial charge in [-0.2, -0.15) is 0 Å². The number of rotatable bonds is 5. The van der Waals surface area contributed by atoms with E-state index in [1.165, 1.54) is 4.57 Å². The maximum atomic E-state index is 13.3. The van der Waals surface area contributed by atoms with Crippen LogP contribution in [0.5, 0.6) is 0 Å². The van der Waals surface area contributed by atoms with E-state index >= 15 is 0 Å². The first kappa shape index (κ1) is 22.8. The van der Waals surface area contributed by atoms with Crippen LogP contribution in [0.3, 0.4) is 0 Å². The summed E-state index contributed by atoms with van der Waals surface area (Å²) in [4.78, 5) is 36.9. The Labute approximate surface area is 196 Å². The first-order valence-corrected chi connectivity index (χ1v) is 10.9. The van der Waals surface area contributed by atoms with Gasteiger partial charge in [0.25, 0.3) is 5.91 Å². The van der Waals surface area contributed by atoms with Gasteiger partial charge in [-0.15, -0.1) is 0 Å². The zero-order valence-electron chi connectivity index (χ0n) is 18.6. The Morgan fingerprint density at radius 3 is 2.67 bits per heavy atom. The lowest BCUT2D eigenvalue weighted by Crippen LogP contribution is -2.28. The molecule has 0 bridgehead atoms. The molecule has 1 aliphatic heterocycles. The lowest BCUT2D eigenvalue weighted by molar-refractivity contribution is -0.117. The molecule has 3 aromatic rings. The van der Waals surface area contributed by atoms with Crippen LogP contribution in [-0.2, 0) is 22.6 Å². The first-order valence-electron chi connectivity index (χ1n) is 10.5. The zero-order valence-corrected chi connectivity index (χ0v) is 19.4. The smallest absolute Gasteiger partial charge is 0.419 e. The molecule has 4 rings (SSSR count). The number of amides is 2. The second-order valence-corrected chi connectivity index (χ2v) is 9.35. The highest BCUT2D eigenvalue weighted by molar-refractivity contribution is 6.32. The molecule has 0 spiro atoms. The molecule has 0 fully saturated rings. The lowest BCUT2D eigenvalue weighted by Gasteiger charge is -2.21. The minimum Gasteiger partial charge on any atom is -0.443 e. The Morgan fingerprint density at radius 2 is 1.97 bits per heavy atom. The van der Waals surface area contributed by atoms with E-state index in [9.17, 15) is 14.4 Å². The summed E-state index contributed by atoms with van der Waals surface area (Å²) in [6, 6.07) is 10.9. The fourth-order valence-electron chi connectivity index (χ4n) is 3.93. The molecule has 8 nitrogen and oxygen atoms in total. The van der Waals surface area contributed by atoms with Crippen LogP contribution in [0.4, 0.5) is 4.79 Å². The molecule has 1 aliphatic rings. The van der Waals surface area contributed by atoms with Crippen molar-refractivity contribution in [3.05, 3.63) is 58.1 Å². The van der Waals surface area contributed by atoms with Gasteiger partial charge >= 0.3 is 6.09 Å². The van der Waals surface area contributed by atoms with Gasteiger partial charge in [0, 0.05) is 34.6 Å². The predicted molar refractivity (Wildman–Crippen MR) is 126 cm³/mol. The van der Waals surface area contributed by atoms with Crippen molar-refractivity contribution in [2.24, 2.45) is 5.73 Å². The van der Waals surface area contributed by atoms with Crippen LogP contribution in [0, 0.1) is 0 Å². The van der Waals surface area contributed by atoms with Gasteiger partial charge in [0.15, 0.2) is 0 Å². The molecule has 0 radical (unpaired) electrons. The van der Waals surface area contributed by atoms with Crippen molar-refractivity contribution in [2.45, 2.75) is 39.5 Å². The van der Waals surface area contributed by atoms with Crippen LogP contribution in [0.15, 0.2) is 36.4 Å². The molecule has 0 aliphatic carbocycles. The summed E-state index contributed by atoms with van der Waals surface area (Å²) in [6.07, 6.45) is -0.547. The number of hydrogen-bond donors (Lipinski definition) is 3. The quantitative estimate of drug-likeness (QED) is 0.529. The average Bonchev–Trinajstić information content (AvgIpc) is 3.28. The number of nitrogens with zero attached hydrogens (tertiary/aromatic N) is 1. The molecule has 0 unspecified atom stereocenters. The molecule has 2 amide bonds. The molecule has 0 atom stereocenters. The Balaban J connectivity index is 1.87. The van der Waals surface area contributed by atoms with Crippen LogP contribution >= 0.6 is 11.6 Å². The van der Waals surface area contributed by atoms with E-state index in [4.69, 9.17) is 22.1 Å². The maximum Gasteiger partial charge on any atom is 0.419 e. The van der Waals surface area contributed by atoms with Crippen molar-refractivity contribution in [1.29, 1.82) is 0 Å². The largest absolute Gasteiger partial charge is 0.443 e. The molecule has 33 heavy (non-hydrogen) atoms. The van der Waals surface area contributed by atoms with Gasteiger partial charge in [-0.1, -0.05) is 23.7 Å². The molecule has 172 valence electrons. The Bertz CT molecular complexity index is 1290. The summed E-state index contributed by atoms with van der Waals surface area (Å²) in [7, 11) is 0. The van der Waals surface area contributed by atoms with E-state index in [1.807, 2.05) is 24.3 Å². The van der Waals surface area contributed by atoms with E-state index in [-0.39, 0.29) is 12.5 Å². The second-order valence-electron chi connectivity index (χ2n) is 8.94. The number of ether oxygens (including phenoxy) is 1. The van der Waals surface area contributed by atoms with E-state index < -0.39 is 17.6 Å². The Kier molecular flexibility index (Phi) is 5.90. The molecule has 4 N–H and O–H groups in total. The third-order valence-electron chi connectivity index (χ3n) is 5.25. The summed E-state index contributed by atoms with van der Waals surface area (Å²) in [5, 5.41) is 7.06. The second kappa shape index (κ2) is 8.53. The maximum absolute atomic E-state index is 13.3. The lowest BCUT2D eigenvalue weighted by atomic mass is 10.00. The van der Waals surface area contributed by atoms with Gasteiger partial charge in [-0.3, -0.25) is 9.59 Å². The van der Waals surface area contributed by atoms with Crippen molar-refractivity contribution < 1.29 is 19.1 Å². The number of fused-ring (bicyclic) bond motifs is 2. The van der Waals surface area contributed by atoms with Gasteiger partial charge in [-0.25, -0.2) is 9.36 Å². The van der Waals surface area contributed by atoms with Crippen molar-refractivity contribution in [3.63, 3.8) is 0 Å². The number of carbonyl (C=O) groups is 3. The predicted octanol–water partition coefficient (Wildman–Crippen LogP) is 3.56. The number of nitrogens with one attached hydrogen (secondary N) is 2. The third-order valence-corrected chi connectivity index (χ3v) is 5.61. The number of carbonyl (C=O) groups excluding carboxylic acids is 3. The number of nitrogens with two attached hydrogens (primary N) is 1. The average molecular weight is 469 g/mol. The SMILES string of the molecule is CC(C)(C)OC(=O)n1c(-c2ccc(Cl)c3c2C(=O)NC3)cc2cc(CNCC(N)=O)ccc21. The normalized spacial score (nSPS) is 13.2. The number of hydrogen-bond acceptors (Lipinski definition) is 5. The van der Waals surface area contributed by atoms with Gasteiger partial charge in [0.2, 0.25) is 5.91 Å². The van der Waals surface area contributed by atoms with Crippen molar-refractivity contribution in [1.82, 2.24) is 15.2 Å². The first-order chi connectivity index (χ1) is 15.5. The summed E-state index contributed by atoms with van der Waals surface area (Å²) >= 11 is 6.32. The fraction of sp³-hybridized carbons (Fsp3) is 0.292. The molecule has 9 heteroatoms. The highest BCUT2D eigenvalue weighted by atomic mass is 35.5. The standard InChI is InChI=1S/C24H25ClN4O4/c1-24(2,3)33-23(32)29-18-7-4-13(10-27-12-20(26)30)8-14(18)9-19(29)15-5-6-17(25)16-11-28-22(31)21(15)16/h4-9,27H,10-12H2,1-3H3,(H2,26,30)(H,28,31). The van der Waals surface area contributed by atoms with Crippen LogP contribution in [0.2, 0.25) is 5.02 Å². The molecular weight excluding hydrogens is 444 g/mol. The topological polar surface area (TPSA) is 115 Å². The number of benzene rings is 2. The summed E-state index contributed by atoms with van der Waals surface area (Å²) < 4.78 is 7.16. The van der Waals surface area contributed by atoms with Gasteiger partial charge < -0.3 is 21.1 Å². The summed E-state index contributed by atoms with van der Waals surface area (Å²) in [6.45, 7) is 6.23. The number of primary amides is 1. The van der Waals surface area contributed by atoms with E-state index in [1.54, 1.807) is 32.9 Å². The third kappa shape index (κ3) is 4.58. The molecular formula is C24H25ClN4O4. The highest BCUT2D eigenvalue weighted by Gasteiger charge is 2.29. The number of aromatic nitrogens is 1. The monoisotopic (exact) mass is 468 g/mol. The fourth-order valence-corrected chi connectivity index (χ4v) is 4.16. The van der Waals surface area contributed by atoms with E-state index in [0.717, 1.165) is 10.9 Å². The summed E-state index contributed by atoms with van der Waals surface area (Å²) in [5.74, 6) is -0.677. The molecule has 2 aromatic carbocycles. The van der Waals surface area contributed by atoms with E-state index in [0.29, 0.717) is 46.0 Å². The van der Waals surface area contributed by atoms with Crippen LogP contribution in [-0.4, -0.2) is 34.6 Å². The molecule has 0 saturated heterocycles. The van der Waals surface area contributed by atoms with Crippen molar-refractivity contribution >= 4 is 40.4 Å². The van der Waals surface area contributed by atoms with E-state index in [2.05, 4.69) is 10.6 Å². The minimum absolute atomic E-state index is 0.0637.